The normalized spacial score (nSPS) is 18.8. The number of unbranched alkanes of at least 4 members (excludes halogenated alkanes) is 1. The number of nitrogens with zero attached hydrogens (tertiary/aromatic N) is 3. The lowest BCUT2D eigenvalue weighted by atomic mass is 9.96. The van der Waals surface area contributed by atoms with E-state index in [1.807, 2.05) is 0 Å². The Morgan fingerprint density at radius 1 is 1.13 bits per heavy atom. The molecule has 2 aliphatic heterocycles. The molecule has 6 nitrogen and oxygen atoms in total. The number of amides is 1. The Balaban J connectivity index is 1.38. The second-order valence-electron chi connectivity index (χ2n) is 8.66. The Hall–Kier alpha value is -2.34. The van der Waals surface area contributed by atoms with E-state index in [0.717, 1.165) is 90.3 Å². The third-order valence-electron chi connectivity index (χ3n) is 6.34. The second-order valence-corrected chi connectivity index (χ2v) is 8.66. The van der Waals surface area contributed by atoms with Gasteiger partial charge in [0.1, 0.15) is 0 Å². The molecule has 1 aromatic rings. The first-order chi connectivity index (χ1) is 15.2. The van der Waals surface area contributed by atoms with Crippen LogP contribution in [0.4, 0.5) is 0 Å². The van der Waals surface area contributed by atoms with E-state index in [1.54, 1.807) is 0 Å². The molecule has 0 aliphatic carbocycles. The number of primary amides is 1. The van der Waals surface area contributed by atoms with E-state index in [2.05, 4.69) is 58.4 Å². The average molecular weight is 426 g/mol. The van der Waals surface area contributed by atoms with E-state index >= 15 is 0 Å². The molecule has 0 bridgehead atoms. The van der Waals surface area contributed by atoms with Crippen molar-refractivity contribution < 1.29 is 4.79 Å². The lowest BCUT2D eigenvalue weighted by Gasteiger charge is -2.31. The molecule has 6 heteroatoms. The van der Waals surface area contributed by atoms with Gasteiger partial charge in [0.2, 0.25) is 5.91 Å². The number of likely N-dealkylation sites (tertiary alicyclic amines) is 2. The van der Waals surface area contributed by atoms with Crippen LogP contribution in [0.3, 0.4) is 0 Å². The van der Waals surface area contributed by atoms with Crippen LogP contribution in [0.1, 0.15) is 51.0 Å². The molecule has 1 aromatic carbocycles. The van der Waals surface area contributed by atoms with E-state index in [0.29, 0.717) is 0 Å². The molecule has 2 fully saturated rings. The van der Waals surface area contributed by atoms with Crippen LogP contribution in [0.15, 0.2) is 40.9 Å². The van der Waals surface area contributed by atoms with E-state index in [4.69, 9.17) is 10.7 Å². The van der Waals surface area contributed by atoms with Crippen molar-refractivity contribution in [3.63, 3.8) is 0 Å². The van der Waals surface area contributed by atoms with Gasteiger partial charge in [-0.05, 0) is 70.6 Å². The Bertz CT molecular complexity index is 728. The predicted octanol–water partition coefficient (Wildman–Crippen LogP) is 3.11. The van der Waals surface area contributed by atoms with Gasteiger partial charge in [0, 0.05) is 32.1 Å². The summed E-state index contributed by atoms with van der Waals surface area (Å²) in [5.74, 6) is 1.00. The van der Waals surface area contributed by atoms with Crippen LogP contribution in [0, 0.1) is 5.92 Å². The van der Waals surface area contributed by atoms with Crippen molar-refractivity contribution in [2.24, 2.45) is 16.6 Å². The molecule has 2 aliphatic rings. The van der Waals surface area contributed by atoms with E-state index in [9.17, 15) is 4.79 Å². The van der Waals surface area contributed by atoms with Gasteiger partial charge < -0.3 is 20.9 Å². The van der Waals surface area contributed by atoms with Gasteiger partial charge >= 0.3 is 0 Å². The van der Waals surface area contributed by atoms with Crippen LogP contribution < -0.4 is 11.1 Å². The number of benzene rings is 1. The van der Waals surface area contributed by atoms with Gasteiger partial charge in [-0.2, -0.15) is 0 Å². The quantitative estimate of drug-likeness (QED) is 0.381. The lowest BCUT2D eigenvalue weighted by molar-refractivity contribution is -0.123. The van der Waals surface area contributed by atoms with Crippen molar-refractivity contribution >= 4 is 17.9 Å². The molecule has 0 radical (unpaired) electrons. The van der Waals surface area contributed by atoms with Crippen LogP contribution >= 0.6 is 0 Å². The molecule has 31 heavy (non-hydrogen) atoms. The SMILES string of the molecule is CCNC(=NCCCCN1CCC(C(N)=O)CC1)N1CCC(=Cc2ccccc2)CC1. The number of aliphatic imine (C=N–C) groups is 1. The van der Waals surface area contributed by atoms with Gasteiger partial charge in [-0.15, -0.1) is 0 Å². The van der Waals surface area contributed by atoms with Crippen LogP contribution in [-0.4, -0.2) is 67.5 Å². The smallest absolute Gasteiger partial charge is 0.220 e. The standard InChI is InChI=1S/C25H39N5O/c1-2-27-25(28-14-6-7-15-29-16-12-23(13-17-29)24(26)31)30-18-10-22(11-19-30)20-21-8-4-3-5-9-21/h3-5,8-9,20,23H,2,6-7,10-19H2,1H3,(H2,26,31)(H,27,28). The first kappa shape index (κ1) is 23.3. The highest BCUT2D eigenvalue weighted by Gasteiger charge is 2.22. The van der Waals surface area contributed by atoms with Gasteiger partial charge in [-0.25, -0.2) is 0 Å². The van der Waals surface area contributed by atoms with Crippen LogP contribution in [0.5, 0.6) is 0 Å². The van der Waals surface area contributed by atoms with Crippen molar-refractivity contribution in [3.8, 4) is 0 Å². The molecule has 0 saturated carbocycles. The van der Waals surface area contributed by atoms with Crippen LogP contribution in [0.2, 0.25) is 0 Å². The number of hydrogen-bond donors (Lipinski definition) is 2. The maximum absolute atomic E-state index is 11.3. The highest BCUT2D eigenvalue weighted by Crippen LogP contribution is 2.20. The molecular formula is C25H39N5O. The van der Waals surface area contributed by atoms with Crippen molar-refractivity contribution in [1.29, 1.82) is 0 Å². The summed E-state index contributed by atoms with van der Waals surface area (Å²) in [4.78, 5) is 21.0. The molecule has 3 rings (SSSR count). The zero-order valence-electron chi connectivity index (χ0n) is 19.1. The monoisotopic (exact) mass is 425 g/mol. The van der Waals surface area contributed by atoms with Crippen LogP contribution in [-0.2, 0) is 4.79 Å². The van der Waals surface area contributed by atoms with E-state index in [1.165, 1.54) is 11.1 Å². The third-order valence-corrected chi connectivity index (χ3v) is 6.34. The molecule has 2 heterocycles. The molecule has 1 amide bonds. The van der Waals surface area contributed by atoms with Gasteiger partial charge in [0.15, 0.2) is 5.96 Å². The minimum absolute atomic E-state index is 0.0797. The number of carbonyl (C=O) groups excluding carboxylic acids is 1. The molecule has 3 N–H and O–H groups in total. The number of rotatable bonds is 8. The number of nitrogens with one attached hydrogen (secondary N) is 1. The van der Waals surface area contributed by atoms with Crippen molar-refractivity contribution in [2.75, 3.05) is 45.8 Å². The lowest BCUT2D eigenvalue weighted by Crippen LogP contribution is -2.44. The fraction of sp³-hybridized carbons (Fsp3) is 0.600. The molecular weight excluding hydrogens is 386 g/mol. The summed E-state index contributed by atoms with van der Waals surface area (Å²) < 4.78 is 0. The van der Waals surface area contributed by atoms with Crippen molar-refractivity contribution in [1.82, 2.24) is 15.1 Å². The fourth-order valence-corrected chi connectivity index (χ4v) is 4.43. The zero-order chi connectivity index (χ0) is 21.9. The molecule has 0 aromatic heterocycles. The first-order valence-corrected chi connectivity index (χ1v) is 11.9. The molecule has 2 saturated heterocycles. The Morgan fingerprint density at radius 3 is 2.48 bits per heavy atom. The third kappa shape index (κ3) is 7.69. The molecule has 0 spiro atoms. The molecule has 170 valence electrons. The number of guanidine groups is 1. The summed E-state index contributed by atoms with van der Waals surface area (Å²) in [6, 6.07) is 10.6. The maximum Gasteiger partial charge on any atom is 0.220 e. The predicted molar refractivity (Wildman–Crippen MR) is 129 cm³/mol. The van der Waals surface area contributed by atoms with Crippen LogP contribution in [0.25, 0.3) is 6.08 Å². The van der Waals surface area contributed by atoms with E-state index < -0.39 is 0 Å². The summed E-state index contributed by atoms with van der Waals surface area (Å²) in [6.45, 7) is 9.03. The Kier molecular flexibility index (Phi) is 9.40. The van der Waals surface area contributed by atoms with E-state index in [-0.39, 0.29) is 11.8 Å². The number of nitrogens with two attached hydrogens (primary N) is 1. The van der Waals surface area contributed by atoms with Crippen molar-refractivity contribution in [2.45, 2.75) is 45.4 Å². The van der Waals surface area contributed by atoms with Gasteiger partial charge in [0.25, 0.3) is 0 Å². The average Bonchev–Trinajstić information content (AvgIpc) is 2.80. The Morgan fingerprint density at radius 2 is 1.84 bits per heavy atom. The van der Waals surface area contributed by atoms with Crippen molar-refractivity contribution in [3.05, 3.63) is 41.5 Å². The zero-order valence-corrected chi connectivity index (χ0v) is 19.1. The topological polar surface area (TPSA) is 74.0 Å². The molecule has 0 unspecified atom stereocenters. The largest absolute Gasteiger partial charge is 0.369 e. The Labute approximate surface area is 187 Å². The highest BCUT2D eigenvalue weighted by atomic mass is 16.1. The minimum Gasteiger partial charge on any atom is -0.369 e. The minimum atomic E-state index is -0.134. The highest BCUT2D eigenvalue weighted by molar-refractivity contribution is 5.80. The summed E-state index contributed by atoms with van der Waals surface area (Å²) in [5.41, 5.74) is 8.25. The second kappa shape index (κ2) is 12.5. The molecule has 0 atom stereocenters. The van der Waals surface area contributed by atoms with Gasteiger partial charge in [0.05, 0.1) is 0 Å². The first-order valence-electron chi connectivity index (χ1n) is 11.9. The number of hydrogen-bond acceptors (Lipinski definition) is 3. The fourth-order valence-electron chi connectivity index (χ4n) is 4.43. The number of piperidine rings is 2. The summed E-state index contributed by atoms with van der Waals surface area (Å²) in [5, 5.41) is 3.47. The maximum atomic E-state index is 11.3. The summed E-state index contributed by atoms with van der Waals surface area (Å²) in [6.07, 6.45) is 8.60. The summed E-state index contributed by atoms with van der Waals surface area (Å²) in [7, 11) is 0. The summed E-state index contributed by atoms with van der Waals surface area (Å²) >= 11 is 0. The van der Waals surface area contributed by atoms with Gasteiger partial charge in [-0.3, -0.25) is 9.79 Å². The number of carbonyl (C=O) groups is 1. The van der Waals surface area contributed by atoms with Gasteiger partial charge in [-0.1, -0.05) is 42.0 Å².